The largest absolute Gasteiger partial charge is 0.459 e. The molecule has 28 heavy (non-hydrogen) atoms. The maximum atomic E-state index is 12.5. The van der Waals surface area contributed by atoms with Gasteiger partial charge in [0.1, 0.15) is 0 Å². The van der Waals surface area contributed by atoms with Crippen molar-refractivity contribution < 1.29 is 22.4 Å². The second-order valence-corrected chi connectivity index (χ2v) is 8.69. The average molecular weight is 405 g/mol. The van der Waals surface area contributed by atoms with Gasteiger partial charge < -0.3 is 14.6 Å². The molecule has 150 valence electrons. The zero-order valence-corrected chi connectivity index (χ0v) is 16.4. The van der Waals surface area contributed by atoms with Crippen molar-refractivity contribution in [2.45, 2.75) is 6.92 Å². The summed E-state index contributed by atoms with van der Waals surface area (Å²) in [6, 6.07) is 10.3. The molecule has 9 heteroatoms. The van der Waals surface area contributed by atoms with Crippen molar-refractivity contribution in [1.82, 2.24) is 14.5 Å². The molecule has 1 N–H and O–H groups in total. The van der Waals surface area contributed by atoms with Crippen LogP contribution in [0.25, 0.3) is 0 Å². The van der Waals surface area contributed by atoms with Crippen molar-refractivity contribution in [3.8, 4) is 0 Å². The monoisotopic (exact) mass is 405 g/mol. The molecule has 0 radical (unpaired) electrons. The smallest absolute Gasteiger partial charge is 0.289 e. The highest BCUT2D eigenvalue weighted by atomic mass is 32.2. The molecule has 2 aromatic rings. The number of rotatable bonds is 6. The number of hydrogen-bond donors (Lipinski definition) is 1. The number of carbonyl (C=O) groups is 2. The Kier molecular flexibility index (Phi) is 6.15. The summed E-state index contributed by atoms with van der Waals surface area (Å²) in [5, 5.41) is 2.64. The van der Waals surface area contributed by atoms with Gasteiger partial charge in [-0.2, -0.15) is 4.31 Å². The SMILES string of the molecule is Cc1ccc(C(=O)NCCS(=O)(=O)N2CCN(C(=O)c3ccco3)CC2)cc1. The van der Waals surface area contributed by atoms with Gasteiger partial charge in [0, 0.05) is 38.3 Å². The van der Waals surface area contributed by atoms with E-state index in [1.165, 1.54) is 10.6 Å². The number of nitrogens with zero attached hydrogens (tertiary/aromatic N) is 2. The summed E-state index contributed by atoms with van der Waals surface area (Å²) in [5.74, 6) is -0.483. The highest BCUT2D eigenvalue weighted by molar-refractivity contribution is 7.89. The summed E-state index contributed by atoms with van der Waals surface area (Å²) in [7, 11) is -3.51. The number of benzene rings is 1. The summed E-state index contributed by atoms with van der Waals surface area (Å²) >= 11 is 0. The number of amides is 2. The Morgan fingerprint density at radius 1 is 1.07 bits per heavy atom. The van der Waals surface area contributed by atoms with Crippen LogP contribution in [-0.4, -0.2) is 67.9 Å². The van der Waals surface area contributed by atoms with Gasteiger partial charge >= 0.3 is 0 Å². The topological polar surface area (TPSA) is 99.9 Å². The zero-order chi connectivity index (χ0) is 20.1. The first-order valence-electron chi connectivity index (χ1n) is 9.02. The molecule has 1 aromatic carbocycles. The van der Waals surface area contributed by atoms with E-state index in [1.807, 2.05) is 19.1 Å². The first kappa shape index (κ1) is 20.1. The van der Waals surface area contributed by atoms with Gasteiger partial charge in [-0.25, -0.2) is 8.42 Å². The van der Waals surface area contributed by atoms with Crippen molar-refractivity contribution in [2.24, 2.45) is 0 Å². The molecule has 0 atom stereocenters. The van der Waals surface area contributed by atoms with Gasteiger partial charge in [-0.3, -0.25) is 9.59 Å². The molecular weight excluding hydrogens is 382 g/mol. The summed E-state index contributed by atoms with van der Waals surface area (Å²) in [4.78, 5) is 25.9. The standard InChI is InChI=1S/C19H23N3O5S/c1-15-4-6-16(7-5-15)18(23)20-8-14-28(25,26)22-11-9-21(10-12-22)19(24)17-3-2-13-27-17/h2-7,13H,8-12,14H2,1H3,(H,20,23). The quantitative estimate of drug-likeness (QED) is 0.776. The first-order chi connectivity index (χ1) is 13.4. The maximum absolute atomic E-state index is 12.5. The number of furan rings is 1. The summed E-state index contributed by atoms with van der Waals surface area (Å²) in [5.41, 5.74) is 1.54. The van der Waals surface area contributed by atoms with Crippen LogP contribution in [0.3, 0.4) is 0 Å². The average Bonchev–Trinajstić information content (AvgIpc) is 3.22. The molecule has 8 nitrogen and oxygen atoms in total. The van der Waals surface area contributed by atoms with E-state index in [2.05, 4.69) is 5.32 Å². The molecule has 0 aliphatic carbocycles. The van der Waals surface area contributed by atoms with E-state index in [0.717, 1.165) is 5.56 Å². The van der Waals surface area contributed by atoms with Gasteiger partial charge in [0.25, 0.3) is 11.8 Å². The van der Waals surface area contributed by atoms with Crippen LogP contribution in [0.4, 0.5) is 0 Å². The molecule has 0 bridgehead atoms. The molecule has 1 aromatic heterocycles. The maximum Gasteiger partial charge on any atom is 0.289 e. The molecule has 0 spiro atoms. The molecule has 3 rings (SSSR count). The third-order valence-corrected chi connectivity index (χ3v) is 6.48. The Morgan fingerprint density at radius 2 is 1.75 bits per heavy atom. The van der Waals surface area contributed by atoms with Crippen LogP contribution in [0, 0.1) is 6.92 Å². The molecule has 2 amide bonds. The van der Waals surface area contributed by atoms with E-state index in [9.17, 15) is 18.0 Å². The fourth-order valence-electron chi connectivity index (χ4n) is 2.96. The Labute approximate surface area is 164 Å². The molecular formula is C19H23N3O5S. The second kappa shape index (κ2) is 8.57. The van der Waals surface area contributed by atoms with E-state index in [0.29, 0.717) is 18.7 Å². The van der Waals surface area contributed by atoms with E-state index in [4.69, 9.17) is 4.42 Å². The molecule has 1 aliphatic rings. The first-order valence-corrected chi connectivity index (χ1v) is 10.6. The number of hydrogen-bond acceptors (Lipinski definition) is 5. The van der Waals surface area contributed by atoms with Crippen molar-refractivity contribution in [1.29, 1.82) is 0 Å². The molecule has 2 heterocycles. The Balaban J connectivity index is 1.47. The van der Waals surface area contributed by atoms with Crippen LogP contribution in [0.15, 0.2) is 47.1 Å². The highest BCUT2D eigenvalue weighted by Crippen LogP contribution is 2.12. The molecule has 0 saturated carbocycles. The van der Waals surface area contributed by atoms with Crippen molar-refractivity contribution in [3.05, 3.63) is 59.5 Å². The summed E-state index contributed by atoms with van der Waals surface area (Å²) in [6.45, 7) is 3.00. The fraction of sp³-hybridized carbons (Fsp3) is 0.368. The Bertz CT molecular complexity index is 915. The predicted octanol–water partition coefficient (Wildman–Crippen LogP) is 1.11. The Morgan fingerprint density at radius 3 is 2.36 bits per heavy atom. The number of aryl methyl sites for hydroxylation is 1. The molecule has 1 aliphatic heterocycles. The summed E-state index contributed by atoms with van der Waals surface area (Å²) < 4.78 is 31.5. The van der Waals surface area contributed by atoms with Gasteiger partial charge in [0.15, 0.2) is 5.76 Å². The molecule has 0 unspecified atom stereocenters. The minimum Gasteiger partial charge on any atom is -0.459 e. The van der Waals surface area contributed by atoms with Gasteiger partial charge in [-0.05, 0) is 31.2 Å². The number of nitrogens with one attached hydrogen (secondary N) is 1. The third-order valence-electron chi connectivity index (χ3n) is 4.61. The van der Waals surface area contributed by atoms with Gasteiger partial charge in [-0.1, -0.05) is 17.7 Å². The lowest BCUT2D eigenvalue weighted by atomic mass is 10.1. The van der Waals surface area contributed by atoms with Crippen LogP contribution in [0.2, 0.25) is 0 Å². The zero-order valence-electron chi connectivity index (χ0n) is 15.6. The van der Waals surface area contributed by atoms with Gasteiger partial charge in [0.2, 0.25) is 10.0 Å². The fourth-order valence-corrected chi connectivity index (χ4v) is 4.29. The van der Waals surface area contributed by atoms with E-state index < -0.39 is 10.0 Å². The van der Waals surface area contributed by atoms with E-state index >= 15 is 0 Å². The lowest BCUT2D eigenvalue weighted by Crippen LogP contribution is -2.51. The van der Waals surface area contributed by atoms with Crippen LogP contribution in [0.5, 0.6) is 0 Å². The lowest BCUT2D eigenvalue weighted by molar-refractivity contribution is 0.0665. The molecule has 1 fully saturated rings. The predicted molar refractivity (Wildman–Crippen MR) is 103 cm³/mol. The lowest BCUT2D eigenvalue weighted by Gasteiger charge is -2.33. The molecule has 1 saturated heterocycles. The second-order valence-electron chi connectivity index (χ2n) is 6.61. The number of sulfonamides is 1. The number of carbonyl (C=O) groups excluding carboxylic acids is 2. The normalized spacial score (nSPS) is 15.4. The van der Waals surface area contributed by atoms with Crippen LogP contribution < -0.4 is 5.32 Å². The van der Waals surface area contributed by atoms with Crippen LogP contribution in [0.1, 0.15) is 26.5 Å². The summed E-state index contributed by atoms with van der Waals surface area (Å²) in [6.07, 6.45) is 1.43. The van der Waals surface area contributed by atoms with Crippen molar-refractivity contribution in [3.63, 3.8) is 0 Å². The number of piperazine rings is 1. The minimum atomic E-state index is -3.51. The van der Waals surface area contributed by atoms with Crippen LogP contribution >= 0.6 is 0 Å². The Hall–Kier alpha value is -2.65. The van der Waals surface area contributed by atoms with Crippen LogP contribution in [-0.2, 0) is 10.0 Å². The van der Waals surface area contributed by atoms with E-state index in [-0.39, 0.29) is 43.0 Å². The minimum absolute atomic E-state index is 0.0284. The van der Waals surface area contributed by atoms with E-state index in [1.54, 1.807) is 29.2 Å². The van der Waals surface area contributed by atoms with Crippen molar-refractivity contribution >= 4 is 21.8 Å². The van der Waals surface area contributed by atoms with Crippen molar-refractivity contribution in [2.75, 3.05) is 38.5 Å². The van der Waals surface area contributed by atoms with Gasteiger partial charge in [0.05, 0.1) is 12.0 Å². The van der Waals surface area contributed by atoms with Gasteiger partial charge in [-0.15, -0.1) is 0 Å². The highest BCUT2D eigenvalue weighted by Gasteiger charge is 2.29. The third kappa shape index (κ3) is 4.79.